The van der Waals surface area contributed by atoms with E-state index in [0.717, 1.165) is 36.8 Å². The minimum absolute atomic E-state index is 0.0133. The standard InChI is InChI=1S/C23H34N2O4/c1-4-23(5-2)10-8-19(9-11-23)29-22(28)25-14-18(15-25)21(27)24-13-17-6-7-20(26)16(3)12-17/h6-7,12,18-19,26H,4-5,8-11,13-15H2,1-3H3,(H,24,27). The summed E-state index contributed by atoms with van der Waals surface area (Å²) in [6.07, 6.45) is 6.25. The number of likely N-dealkylation sites (tertiary alicyclic amines) is 1. The molecule has 2 N–H and O–H groups in total. The molecule has 2 aliphatic rings. The number of hydrogen-bond acceptors (Lipinski definition) is 4. The van der Waals surface area contributed by atoms with Gasteiger partial charge in [0.25, 0.3) is 0 Å². The number of benzene rings is 1. The van der Waals surface area contributed by atoms with E-state index in [-0.39, 0.29) is 29.8 Å². The maximum absolute atomic E-state index is 12.4. The second-order valence-electron chi connectivity index (χ2n) is 8.73. The third-order valence-electron chi connectivity index (χ3n) is 7.00. The Labute approximate surface area is 173 Å². The number of aryl methyl sites for hydroxylation is 1. The fraction of sp³-hybridized carbons (Fsp3) is 0.652. The Hall–Kier alpha value is -2.24. The van der Waals surface area contributed by atoms with Crippen molar-refractivity contribution in [3.05, 3.63) is 29.3 Å². The van der Waals surface area contributed by atoms with Gasteiger partial charge in [-0.2, -0.15) is 0 Å². The molecule has 1 heterocycles. The first-order chi connectivity index (χ1) is 13.9. The van der Waals surface area contributed by atoms with Crippen molar-refractivity contribution >= 4 is 12.0 Å². The molecule has 6 heteroatoms. The van der Waals surface area contributed by atoms with Gasteiger partial charge in [0.2, 0.25) is 5.91 Å². The number of aromatic hydroxyl groups is 1. The van der Waals surface area contributed by atoms with Crippen LogP contribution in [0.3, 0.4) is 0 Å². The molecule has 1 saturated carbocycles. The number of phenols is 1. The summed E-state index contributed by atoms with van der Waals surface area (Å²) < 4.78 is 5.69. The zero-order valence-electron chi connectivity index (χ0n) is 17.9. The molecule has 0 bridgehead atoms. The second kappa shape index (κ2) is 9.06. The van der Waals surface area contributed by atoms with Crippen molar-refractivity contribution < 1.29 is 19.4 Å². The van der Waals surface area contributed by atoms with Crippen LogP contribution in [-0.4, -0.2) is 41.2 Å². The molecule has 1 aromatic carbocycles. The Kier molecular flexibility index (Phi) is 6.70. The van der Waals surface area contributed by atoms with Gasteiger partial charge >= 0.3 is 6.09 Å². The average molecular weight is 403 g/mol. The van der Waals surface area contributed by atoms with E-state index in [4.69, 9.17) is 4.74 Å². The monoisotopic (exact) mass is 402 g/mol. The van der Waals surface area contributed by atoms with E-state index >= 15 is 0 Å². The van der Waals surface area contributed by atoms with Crippen molar-refractivity contribution in [1.82, 2.24) is 10.2 Å². The maximum Gasteiger partial charge on any atom is 0.410 e. The lowest BCUT2D eigenvalue weighted by Gasteiger charge is -2.41. The van der Waals surface area contributed by atoms with Crippen LogP contribution in [0.15, 0.2) is 18.2 Å². The van der Waals surface area contributed by atoms with Gasteiger partial charge in [-0.25, -0.2) is 4.79 Å². The van der Waals surface area contributed by atoms with Crippen LogP contribution in [0.4, 0.5) is 4.79 Å². The lowest BCUT2D eigenvalue weighted by Crippen LogP contribution is -2.56. The van der Waals surface area contributed by atoms with E-state index in [1.54, 1.807) is 17.0 Å². The van der Waals surface area contributed by atoms with Crippen molar-refractivity contribution in [2.45, 2.75) is 71.9 Å². The van der Waals surface area contributed by atoms with Gasteiger partial charge in [-0.3, -0.25) is 4.79 Å². The van der Waals surface area contributed by atoms with Crippen molar-refractivity contribution in [3.63, 3.8) is 0 Å². The van der Waals surface area contributed by atoms with E-state index in [0.29, 0.717) is 25.0 Å². The lowest BCUT2D eigenvalue weighted by molar-refractivity contribution is -0.129. The van der Waals surface area contributed by atoms with Crippen molar-refractivity contribution in [3.8, 4) is 5.75 Å². The molecular weight excluding hydrogens is 368 g/mol. The molecule has 2 fully saturated rings. The predicted molar refractivity (Wildman–Crippen MR) is 112 cm³/mol. The fourth-order valence-corrected chi connectivity index (χ4v) is 4.45. The molecule has 160 valence electrons. The maximum atomic E-state index is 12.4. The van der Waals surface area contributed by atoms with Gasteiger partial charge in [0.05, 0.1) is 5.92 Å². The van der Waals surface area contributed by atoms with E-state index < -0.39 is 0 Å². The zero-order chi connectivity index (χ0) is 21.0. The van der Waals surface area contributed by atoms with Crippen LogP contribution in [0.2, 0.25) is 0 Å². The SMILES string of the molecule is CCC1(CC)CCC(OC(=O)N2CC(C(=O)NCc3ccc(O)c(C)c3)C2)CC1. The highest BCUT2D eigenvalue weighted by atomic mass is 16.6. The quantitative estimate of drug-likeness (QED) is 0.750. The molecule has 0 radical (unpaired) electrons. The van der Waals surface area contributed by atoms with Crippen LogP contribution in [-0.2, 0) is 16.1 Å². The minimum Gasteiger partial charge on any atom is -0.508 e. The van der Waals surface area contributed by atoms with Gasteiger partial charge in [-0.05, 0) is 55.2 Å². The zero-order valence-corrected chi connectivity index (χ0v) is 17.9. The Morgan fingerprint density at radius 3 is 2.45 bits per heavy atom. The van der Waals surface area contributed by atoms with E-state index in [1.807, 2.05) is 13.0 Å². The van der Waals surface area contributed by atoms with Crippen LogP contribution >= 0.6 is 0 Å². The average Bonchev–Trinajstić information content (AvgIpc) is 2.68. The molecule has 1 aliphatic heterocycles. The number of hydrogen-bond donors (Lipinski definition) is 2. The summed E-state index contributed by atoms with van der Waals surface area (Å²) in [6.45, 7) is 7.58. The number of phenolic OH excluding ortho intramolecular Hbond substituents is 1. The Morgan fingerprint density at radius 1 is 1.21 bits per heavy atom. The van der Waals surface area contributed by atoms with E-state index in [1.165, 1.54) is 12.8 Å². The highest BCUT2D eigenvalue weighted by Gasteiger charge is 2.39. The highest BCUT2D eigenvalue weighted by Crippen LogP contribution is 2.42. The third-order valence-corrected chi connectivity index (χ3v) is 7.00. The number of rotatable bonds is 6. The summed E-state index contributed by atoms with van der Waals surface area (Å²) in [5.41, 5.74) is 2.16. The van der Waals surface area contributed by atoms with Crippen molar-refractivity contribution in [2.75, 3.05) is 13.1 Å². The van der Waals surface area contributed by atoms with Gasteiger partial charge in [0.15, 0.2) is 0 Å². The first-order valence-corrected chi connectivity index (χ1v) is 10.9. The van der Waals surface area contributed by atoms with Crippen LogP contribution in [0.5, 0.6) is 5.75 Å². The number of ether oxygens (including phenoxy) is 1. The normalized spacial score (nSPS) is 19.5. The Morgan fingerprint density at radius 2 is 1.86 bits per heavy atom. The van der Waals surface area contributed by atoms with Crippen LogP contribution in [0.25, 0.3) is 0 Å². The molecule has 0 unspecified atom stereocenters. The van der Waals surface area contributed by atoms with E-state index in [9.17, 15) is 14.7 Å². The summed E-state index contributed by atoms with van der Waals surface area (Å²) >= 11 is 0. The topological polar surface area (TPSA) is 78.9 Å². The van der Waals surface area contributed by atoms with E-state index in [2.05, 4.69) is 19.2 Å². The first-order valence-electron chi connectivity index (χ1n) is 10.9. The Balaban J connectivity index is 1.37. The van der Waals surface area contributed by atoms with Gasteiger partial charge in [0.1, 0.15) is 11.9 Å². The molecule has 0 spiro atoms. The number of carbonyl (C=O) groups excluding carboxylic acids is 2. The summed E-state index contributed by atoms with van der Waals surface area (Å²) in [5.74, 6) is 0.0225. The number of carbonyl (C=O) groups is 2. The summed E-state index contributed by atoms with van der Waals surface area (Å²) in [6, 6.07) is 5.28. The van der Waals surface area contributed by atoms with Crippen molar-refractivity contribution in [2.24, 2.45) is 11.3 Å². The molecule has 1 saturated heterocycles. The summed E-state index contributed by atoms with van der Waals surface area (Å²) in [4.78, 5) is 26.3. The summed E-state index contributed by atoms with van der Waals surface area (Å²) in [5, 5.41) is 12.5. The molecular formula is C23H34N2O4. The number of nitrogens with zero attached hydrogens (tertiary/aromatic N) is 1. The Bertz CT molecular complexity index is 728. The molecule has 1 aromatic rings. The smallest absolute Gasteiger partial charge is 0.410 e. The largest absolute Gasteiger partial charge is 0.508 e. The molecule has 1 aliphatic carbocycles. The predicted octanol–water partition coefficient (Wildman–Crippen LogP) is 4.13. The number of nitrogens with one attached hydrogen (secondary N) is 1. The first kappa shape index (κ1) is 21.5. The molecule has 0 atom stereocenters. The molecule has 29 heavy (non-hydrogen) atoms. The summed E-state index contributed by atoms with van der Waals surface area (Å²) in [7, 11) is 0. The minimum atomic E-state index is -0.284. The molecule has 6 nitrogen and oxygen atoms in total. The van der Waals surface area contributed by atoms with Crippen LogP contribution in [0, 0.1) is 18.3 Å². The van der Waals surface area contributed by atoms with Gasteiger partial charge in [0, 0.05) is 19.6 Å². The van der Waals surface area contributed by atoms with Gasteiger partial charge in [-0.1, -0.05) is 38.8 Å². The fourth-order valence-electron chi connectivity index (χ4n) is 4.45. The molecule has 3 rings (SSSR count). The van der Waals surface area contributed by atoms with Crippen LogP contribution in [0.1, 0.15) is 63.5 Å². The number of amides is 2. The molecule has 2 amide bonds. The van der Waals surface area contributed by atoms with Crippen LogP contribution < -0.4 is 5.32 Å². The van der Waals surface area contributed by atoms with Crippen molar-refractivity contribution in [1.29, 1.82) is 0 Å². The third kappa shape index (κ3) is 5.03. The van der Waals surface area contributed by atoms with Gasteiger partial charge < -0.3 is 20.1 Å². The highest BCUT2D eigenvalue weighted by molar-refractivity contribution is 5.82. The second-order valence-corrected chi connectivity index (χ2v) is 8.73. The van der Waals surface area contributed by atoms with Gasteiger partial charge in [-0.15, -0.1) is 0 Å². The lowest BCUT2D eigenvalue weighted by atomic mass is 9.70. The molecule has 0 aromatic heterocycles.